The van der Waals surface area contributed by atoms with Gasteiger partial charge in [0, 0.05) is 18.7 Å². The van der Waals surface area contributed by atoms with Crippen molar-refractivity contribution in [2.45, 2.75) is 20.3 Å². The molecule has 0 aromatic heterocycles. The van der Waals surface area contributed by atoms with Gasteiger partial charge in [-0.2, -0.15) is 0 Å². The number of aromatic hydroxyl groups is 1. The van der Waals surface area contributed by atoms with Crippen LogP contribution in [0.15, 0.2) is 22.7 Å². The Morgan fingerprint density at radius 3 is 2.67 bits per heavy atom. The van der Waals surface area contributed by atoms with Gasteiger partial charge in [-0.05, 0) is 46.0 Å². The molecule has 3 N–H and O–H groups in total. The lowest BCUT2D eigenvalue weighted by atomic mass is 9.89. The summed E-state index contributed by atoms with van der Waals surface area (Å²) in [5, 5.41) is 21.2. The van der Waals surface area contributed by atoms with Gasteiger partial charge >= 0.3 is 0 Å². The molecule has 1 aromatic rings. The molecule has 0 spiro atoms. The molecule has 18 heavy (non-hydrogen) atoms. The van der Waals surface area contributed by atoms with E-state index in [0.717, 1.165) is 0 Å². The maximum Gasteiger partial charge on any atom is 0.251 e. The average molecular weight is 316 g/mol. The zero-order valence-electron chi connectivity index (χ0n) is 10.5. The van der Waals surface area contributed by atoms with Crippen molar-refractivity contribution < 1.29 is 15.0 Å². The number of rotatable bonds is 5. The second-order valence-corrected chi connectivity index (χ2v) is 5.84. The minimum Gasteiger partial charge on any atom is -0.507 e. The molecule has 0 aliphatic carbocycles. The Labute approximate surface area is 115 Å². The van der Waals surface area contributed by atoms with Gasteiger partial charge in [0.25, 0.3) is 5.91 Å². The van der Waals surface area contributed by atoms with Gasteiger partial charge < -0.3 is 15.5 Å². The van der Waals surface area contributed by atoms with E-state index in [-0.39, 0.29) is 23.7 Å². The van der Waals surface area contributed by atoms with Gasteiger partial charge in [-0.25, -0.2) is 0 Å². The van der Waals surface area contributed by atoms with Crippen LogP contribution >= 0.6 is 15.9 Å². The first kappa shape index (κ1) is 15.0. The number of carbonyl (C=O) groups is 1. The molecule has 0 heterocycles. The Morgan fingerprint density at radius 2 is 2.11 bits per heavy atom. The van der Waals surface area contributed by atoms with Crippen molar-refractivity contribution in [1.82, 2.24) is 5.32 Å². The number of aliphatic hydroxyl groups excluding tert-OH is 1. The minimum absolute atomic E-state index is 0.0391. The summed E-state index contributed by atoms with van der Waals surface area (Å²) in [5.74, 6) is -0.193. The number of phenols is 1. The molecule has 0 unspecified atom stereocenters. The van der Waals surface area contributed by atoms with Gasteiger partial charge in [-0.15, -0.1) is 0 Å². The standard InChI is InChI=1S/C13H18BrNO3/c1-13(2,5-6-16)8-15-12(18)9-3-4-10(14)11(17)7-9/h3-4,7,16-17H,5-6,8H2,1-2H3,(H,15,18). The number of hydrogen-bond acceptors (Lipinski definition) is 3. The lowest BCUT2D eigenvalue weighted by Crippen LogP contribution is -2.34. The molecule has 1 amide bonds. The topological polar surface area (TPSA) is 69.6 Å². The molecule has 5 heteroatoms. The van der Waals surface area contributed by atoms with Gasteiger partial charge in [0.2, 0.25) is 0 Å². The molecule has 1 aromatic carbocycles. The zero-order chi connectivity index (χ0) is 13.8. The number of halogens is 1. The predicted octanol–water partition coefficient (Wildman–Crippen LogP) is 2.29. The van der Waals surface area contributed by atoms with Crippen LogP contribution in [0.2, 0.25) is 0 Å². The Kier molecular flexibility index (Phi) is 5.16. The zero-order valence-corrected chi connectivity index (χ0v) is 12.1. The van der Waals surface area contributed by atoms with E-state index in [4.69, 9.17) is 5.11 Å². The molecule has 0 saturated heterocycles. The van der Waals surface area contributed by atoms with E-state index >= 15 is 0 Å². The van der Waals surface area contributed by atoms with E-state index in [1.54, 1.807) is 12.1 Å². The Hall–Kier alpha value is -1.07. The third-order valence-corrected chi connectivity index (χ3v) is 3.39. The minimum atomic E-state index is -0.233. The van der Waals surface area contributed by atoms with E-state index < -0.39 is 0 Å². The molecule has 100 valence electrons. The van der Waals surface area contributed by atoms with E-state index in [2.05, 4.69) is 21.2 Å². The second kappa shape index (κ2) is 6.20. The van der Waals surface area contributed by atoms with Crippen molar-refractivity contribution in [3.63, 3.8) is 0 Å². The molecule has 0 atom stereocenters. The first-order chi connectivity index (χ1) is 8.35. The van der Waals surface area contributed by atoms with Crippen LogP contribution in [0, 0.1) is 5.41 Å². The first-order valence-corrected chi connectivity index (χ1v) is 6.52. The largest absolute Gasteiger partial charge is 0.507 e. The van der Waals surface area contributed by atoms with Crippen LogP contribution in [0.3, 0.4) is 0 Å². The monoisotopic (exact) mass is 315 g/mol. The summed E-state index contributed by atoms with van der Waals surface area (Å²) in [4.78, 5) is 11.9. The Bertz CT molecular complexity index is 432. The van der Waals surface area contributed by atoms with Crippen LogP contribution in [0.25, 0.3) is 0 Å². The maximum absolute atomic E-state index is 11.9. The van der Waals surface area contributed by atoms with Crippen LogP contribution in [0.5, 0.6) is 5.75 Å². The molecule has 1 rings (SSSR count). The van der Waals surface area contributed by atoms with Crippen molar-refractivity contribution >= 4 is 21.8 Å². The fourth-order valence-corrected chi connectivity index (χ4v) is 1.71. The number of amides is 1. The highest BCUT2D eigenvalue weighted by Crippen LogP contribution is 2.24. The van der Waals surface area contributed by atoms with Crippen LogP contribution in [0.1, 0.15) is 30.6 Å². The normalized spacial score (nSPS) is 11.3. The molecule has 0 aliphatic rings. The maximum atomic E-state index is 11.9. The quantitative estimate of drug-likeness (QED) is 0.781. The molecular weight excluding hydrogens is 298 g/mol. The average Bonchev–Trinajstić information content (AvgIpc) is 2.30. The van der Waals surface area contributed by atoms with Crippen molar-refractivity contribution in [1.29, 1.82) is 0 Å². The predicted molar refractivity (Wildman–Crippen MR) is 73.6 cm³/mol. The summed E-state index contributed by atoms with van der Waals surface area (Å²) in [7, 11) is 0. The van der Waals surface area contributed by atoms with Crippen LogP contribution < -0.4 is 5.32 Å². The smallest absolute Gasteiger partial charge is 0.251 e. The van der Waals surface area contributed by atoms with E-state index in [9.17, 15) is 9.90 Å². The third kappa shape index (κ3) is 4.31. The molecule has 0 fully saturated rings. The number of aliphatic hydroxyl groups is 1. The second-order valence-electron chi connectivity index (χ2n) is 4.99. The first-order valence-electron chi connectivity index (χ1n) is 5.73. The number of hydrogen-bond donors (Lipinski definition) is 3. The lowest BCUT2D eigenvalue weighted by Gasteiger charge is -2.23. The lowest BCUT2D eigenvalue weighted by molar-refractivity contribution is 0.0928. The van der Waals surface area contributed by atoms with E-state index in [1.807, 2.05) is 13.8 Å². The molecule has 0 radical (unpaired) electrons. The Morgan fingerprint density at radius 1 is 1.44 bits per heavy atom. The number of carbonyl (C=O) groups excluding carboxylic acids is 1. The highest BCUT2D eigenvalue weighted by molar-refractivity contribution is 9.10. The molecule has 0 aliphatic heterocycles. The fourth-order valence-electron chi connectivity index (χ4n) is 1.47. The van der Waals surface area contributed by atoms with Crippen molar-refractivity contribution in [2.24, 2.45) is 5.41 Å². The highest BCUT2D eigenvalue weighted by Gasteiger charge is 2.18. The molecular formula is C13H18BrNO3. The van der Waals surface area contributed by atoms with E-state index in [0.29, 0.717) is 23.0 Å². The number of phenolic OH excluding ortho intramolecular Hbond substituents is 1. The Balaban J connectivity index is 2.63. The van der Waals surface area contributed by atoms with E-state index in [1.165, 1.54) is 6.07 Å². The highest BCUT2D eigenvalue weighted by atomic mass is 79.9. The summed E-state index contributed by atoms with van der Waals surface area (Å²) in [6.07, 6.45) is 0.624. The van der Waals surface area contributed by atoms with Gasteiger partial charge in [-0.3, -0.25) is 4.79 Å². The SMILES string of the molecule is CC(C)(CCO)CNC(=O)c1ccc(Br)c(O)c1. The van der Waals surface area contributed by atoms with Crippen molar-refractivity contribution in [3.05, 3.63) is 28.2 Å². The van der Waals surface area contributed by atoms with Gasteiger partial charge in [0.15, 0.2) is 0 Å². The van der Waals surface area contributed by atoms with Gasteiger partial charge in [0.05, 0.1) is 4.47 Å². The fraction of sp³-hybridized carbons (Fsp3) is 0.462. The van der Waals surface area contributed by atoms with Gasteiger partial charge in [-0.1, -0.05) is 13.8 Å². The molecule has 0 saturated carbocycles. The summed E-state index contributed by atoms with van der Waals surface area (Å²) < 4.78 is 0.555. The van der Waals surface area contributed by atoms with Crippen LogP contribution in [-0.2, 0) is 0 Å². The molecule has 0 bridgehead atoms. The summed E-state index contributed by atoms with van der Waals surface area (Å²) in [6.45, 7) is 4.52. The van der Waals surface area contributed by atoms with Crippen LogP contribution in [0.4, 0.5) is 0 Å². The number of benzene rings is 1. The third-order valence-electron chi connectivity index (χ3n) is 2.72. The van der Waals surface area contributed by atoms with Crippen molar-refractivity contribution in [3.8, 4) is 5.75 Å². The summed E-state index contributed by atoms with van der Waals surface area (Å²) >= 11 is 3.16. The van der Waals surface area contributed by atoms with Crippen LogP contribution in [-0.4, -0.2) is 29.3 Å². The number of nitrogens with one attached hydrogen (secondary N) is 1. The van der Waals surface area contributed by atoms with Gasteiger partial charge in [0.1, 0.15) is 5.75 Å². The summed E-state index contributed by atoms with van der Waals surface area (Å²) in [6, 6.07) is 4.68. The summed E-state index contributed by atoms with van der Waals surface area (Å²) in [5.41, 5.74) is 0.262. The molecule has 4 nitrogen and oxygen atoms in total. The van der Waals surface area contributed by atoms with Crippen molar-refractivity contribution in [2.75, 3.05) is 13.2 Å².